The summed E-state index contributed by atoms with van der Waals surface area (Å²) >= 11 is 0. The van der Waals surface area contributed by atoms with Crippen LogP contribution in [-0.4, -0.2) is 49.8 Å². The first-order valence-corrected chi connectivity index (χ1v) is 19.3. The second-order valence-corrected chi connectivity index (χ2v) is 18.9. The number of amides is 1. The van der Waals surface area contributed by atoms with E-state index in [9.17, 15) is 13.2 Å². The summed E-state index contributed by atoms with van der Waals surface area (Å²) in [7, 11) is -4.61. The van der Waals surface area contributed by atoms with Crippen molar-refractivity contribution in [2.75, 3.05) is 12.9 Å². The van der Waals surface area contributed by atoms with Crippen LogP contribution in [0.3, 0.4) is 0 Å². The van der Waals surface area contributed by atoms with Gasteiger partial charge in [-0.05, 0) is 55.4 Å². The van der Waals surface area contributed by atoms with Gasteiger partial charge in [0.2, 0.25) is 5.91 Å². The fourth-order valence-electron chi connectivity index (χ4n) is 4.25. The van der Waals surface area contributed by atoms with Gasteiger partial charge in [-0.3, -0.25) is 14.3 Å². The number of aromatic nitrogens is 3. The highest BCUT2D eigenvalue weighted by Gasteiger charge is 2.22. The fourth-order valence-corrected chi connectivity index (χ4v) is 5.64. The molecule has 218 valence electrons. The van der Waals surface area contributed by atoms with Crippen molar-refractivity contribution in [2.24, 2.45) is 0 Å². The molecule has 0 saturated heterocycles. The van der Waals surface area contributed by atoms with Crippen molar-refractivity contribution in [3.63, 3.8) is 0 Å². The molecule has 1 atom stereocenters. The molecular formula is C30H38N4O5SSi. The van der Waals surface area contributed by atoms with E-state index in [1.54, 1.807) is 25.3 Å². The molecule has 0 aliphatic carbocycles. The van der Waals surface area contributed by atoms with E-state index in [4.69, 9.17) is 14.5 Å². The number of rotatable bonds is 12. The summed E-state index contributed by atoms with van der Waals surface area (Å²) in [5.41, 5.74) is 2.96. The Balaban J connectivity index is 1.81. The van der Waals surface area contributed by atoms with Gasteiger partial charge in [-0.15, -0.1) is 0 Å². The minimum Gasteiger partial charge on any atom is -0.457 e. The summed E-state index contributed by atoms with van der Waals surface area (Å²) in [4.78, 5) is 21.9. The Bertz CT molecular complexity index is 1610. The molecular weight excluding hydrogens is 557 g/mol. The molecule has 1 N–H and O–H groups in total. The van der Waals surface area contributed by atoms with Gasteiger partial charge in [0.1, 0.15) is 23.9 Å². The summed E-state index contributed by atoms with van der Waals surface area (Å²) in [6.45, 7) is 11.6. The molecule has 0 saturated carbocycles. The smallest absolute Gasteiger partial charge is 0.220 e. The molecule has 0 bridgehead atoms. The zero-order valence-electron chi connectivity index (χ0n) is 24.5. The summed E-state index contributed by atoms with van der Waals surface area (Å²) < 4.78 is 38.3. The number of fused-ring (bicyclic) bond motifs is 1. The molecule has 0 radical (unpaired) electrons. The summed E-state index contributed by atoms with van der Waals surface area (Å²) in [6.07, 6.45) is 3.25. The van der Waals surface area contributed by atoms with E-state index in [2.05, 4.69) is 29.9 Å². The Morgan fingerprint density at radius 3 is 2.44 bits per heavy atom. The van der Waals surface area contributed by atoms with Gasteiger partial charge in [0.15, 0.2) is 15.7 Å². The number of hydrogen-bond donors (Lipinski definition) is 1. The van der Waals surface area contributed by atoms with Crippen LogP contribution in [0.4, 0.5) is 0 Å². The number of benzene rings is 2. The molecule has 9 nitrogen and oxygen atoms in total. The van der Waals surface area contributed by atoms with E-state index < -0.39 is 17.9 Å². The number of imidazole rings is 1. The predicted octanol–water partition coefficient (Wildman–Crippen LogP) is 6.19. The topological polar surface area (TPSA) is 112 Å². The number of nitrogens with one attached hydrogen (secondary N) is 1. The highest BCUT2D eigenvalue weighted by Crippen LogP contribution is 2.36. The second-order valence-electron chi connectivity index (χ2n) is 11.3. The van der Waals surface area contributed by atoms with Gasteiger partial charge in [-0.2, -0.15) is 0 Å². The molecule has 2 heterocycles. The van der Waals surface area contributed by atoms with Gasteiger partial charge < -0.3 is 14.8 Å². The van der Waals surface area contributed by atoms with E-state index in [0.29, 0.717) is 41.6 Å². The van der Waals surface area contributed by atoms with Crippen LogP contribution in [0.15, 0.2) is 65.7 Å². The van der Waals surface area contributed by atoms with E-state index in [-0.39, 0.29) is 23.6 Å². The molecule has 0 fully saturated rings. The first kappa shape index (κ1) is 30.4. The van der Waals surface area contributed by atoms with Gasteiger partial charge in [0.25, 0.3) is 0 Å². The zero-order valence-corrected chi connectivity index (χ0v) is 26.3. The average Bonchev–Trinajstić information content (AvgIpc) is 3.27. The highest BCUT2D eigenvalue weighted by molar-refractivity contribution is 7.90. The maximum absolute atomic E-state index is 12.3. The number of carbonyl (C=O) groups excluding carboxylic acids is 1. The normalized spacial score (nSPS) is 12.8. The third-order valence-electron chi connectivity index (χ3n) is 6.64. The number of hydrogen-bond acceptors (Lipinski definition) is 7. The molecule has 4 aromatic rings. The molecule has 2 aromatic heterocycles. The van der Waals surface area contributed by atoms with Crippen LogP contribution < -0.4 is 10.1 Å². The standard InChI is InChI=1S/C30H38N4O5SSi/c1-7-29(35)32-21(2)24-18-26-27(19-28(24)39-22-11-13-23(14-12-22)40(3,36)37)34(20-38-16-17-41(4,5)6)30(33-26)25-10-8-9-15-31-25/h8-15,18-19,21H,7,16-17,20H2,1-6H3,(H,32,35). The Kier molecular flexibility index (Phi) is 9.30. The Hall–Kier alpha value is -3.54. The van der Waals surface area contributed by atoms with Crippen molar-refractivity contribution >= 4 is 34.9 Å². The third-order valence-corrected chi connectivity index (χ3v) is 9.47. The Labute approximate surface area is 242 Å². The maximum Gasteiger partial charge on any atom is 0.220 e. The van der Waals surface area contributed by atoms with E-state index in [1.165, 1.54) is 18.4 Å². The molecule has 41 heavy (non-hydrogen) atoms. The highest BCUT2D eigenvalue weighted by atomic mass is 32.2. The fraction of sp³-hybridized carbons (Fsp3) is 0.367. The number of pyridine rings is 1. The van der Waals surface area contributed by atoms with Crippen molar-refractivity contribution < 1.29 is 22.7 Å². The van der Waals surface area contributed by atoms with Crippen LogP contribution in [0.1, 0.15) is 31.9 Å². The quantitative estimate of drug-likeness (QED) is 0.154. The minimum absolute atomic E-state index is 0.0865. The monoisotopic (exact) mass is 594 g/mol. The molecule has 4 rings (SSSR count). The van der Waals surface area contributed by atoms with Gasteiger partial charge in [-0.1, -0.05) is 32.6 Å². The SMILES string of the molecule is CCC(=O)NC(C)c1cc2nc(-c3ccccn3)n(COCC[Si](C)(C)C)c2cc1Oc1ccc(S(C)(=O)=O)cc1. The number of carbonyl (C=O) groups is 1. The van der Waals surface area contributed by atoms with Crippen LogP contribution in [0.25, 0.3) is 22.6 Å². The maximum atomic E-state index is 12.3. The number of nitrogens with zero attached hydrogens (tertiary/aromatic N) is 3. The van der Waals surface area contributed by atoms with E-state index in [0.717, 1.165) is 17.1 Å². The number of ether oxygens (including phenoxy) is 2. The minimum atomic E-state index is -3.34. The van der Waals surface area contributed by atoms with Crippen molar-refractivity contribution in [2.45, 2.75) is 63.6 Å². The van der Waals surface area contributed by atoms with Crippen molar-refractivity contribution in [3.8, 4) is 23.0 Å². The van der Waals surface area contributed by atoms with Crippen molar-refractivity contribution in [3.05, 3.63) is 66.4 Å². The largest absolute Gasteiger partial charge is 0.457 e. The molecule has 2 aromatic carbocycles. The first-order valence-electron chi connectivity index (χ1n) is 13.7. The lowest BCUT2D eigenvalue weighted by Gasteiger charge is -2.19. The van der Waals surface area contributed by atoms with Crippen molar-refractivity contribution in [1.29, 1.82) is 0 Å². The zero-order chi connectivity index (χ0) is 29.8. The van der Waals surface area contributed by atoms with Gasteiger partial charge in [0, 0.05) is 45.2 Å². The summed E-state index contributed by atoms with van der Waals surface area (Å²) in [6, 6.07) is 16.4. The van der Waals surface area contributed by atoms with Crippen LogP contribution in [0.5, 0.6) is 11.5 Å². The average molecular weight is 595 g/mol. The predicted molar refractivity (Wildman–Crippen MR) is 164 cm³/mol. The number of sulfone groups is 1. The van der Waals surface area contributed by atoms with E-state index >= 15 is 0 Å². The van der Waals surface area contributed by atoms with E-state index in [1.807, 2.05) is 41.8 Å². The molecule has 1 amide bonds. The second kappa shape index (κ2) is 12.5. The van der Waals surface area contributed by atoms with Crippen LogP contribution in [-0.2, 0) is 26.1 Å². The van der Waals surface area contributed by atoms with Gasteiger partial charge >= 0.3 is 0 Å². The molecule has 1 unspecified atom stereocenters. The van der Waals surface area contributed by atoms with Gasteiger partial charge in [0.05, 0.1) is 22.0 Å². The lowest BCUT2D eigenvalue weighted by Crippen LogP contribution is -2.25. The molecule has 0 aliphatic rings. The first-order chi connectivity index (χ1) is 19.4. The lowest BCUT2D eigenvalue weighted by atomic mass is 10.1. The lowest BCUT2D eigenvalue weighted by molar-refractivity contribution is -0.121. The molecule has 0 spiro atoms. The Morgan fingerprint density at radius 2 is 1.83 bits per heavy atom. The summed E-state index contributed by atoms with van der Waals surface area (Å²) in [5, 5.41) is 3.01. The summed E-state index contributed by atoms with van der Waals surface area (Å²) in [5.74, 6) is 1.56. The van der Waals surface area contributed by atoms with Crippen LogP contribution >= 0.6 is 0 Å². The van der Waals surface area contributed by atoms with Crippen LogP contribution in [0, 0.1) is 0 Å². The molecule has 0 aliphatic heterocycles. The van der Waals surface area contributed by atoms with Crippen LogP contribution in [0.2, 0.25) is 25.7 Å². The third kappa shape index (κ3) is 7.81. The Morgan fingerprint density at radius 1 is 1.10 bits per heavy atom. The van der Waals surface area contributed by atoms with Crippen molar-refractivity contribution in [1.82, 2.24) is 19.9 Å². The molecule has 11 heteroatoms. The van der Waals surface area contributed by atoms with Gasteiger partial charge in [-0.25, -0.2) is 13.4 Å².